The van der Waals surface area contributed by atoms with Crippen LogP contribution in [0.1, 0.15) is 95.6 Å². The zero-order chi connectivity index (χ0) is 36.7. The molecule has 0 aromatic heterocycles. The third-order valence-electron chi connectivity index (χ3n) is 9.25. The largest absolute Gasteiger partial charge is 0.480 e. The van der Waals surface area contributed by atoms with E-state index in [4.69, 9.17) is 20.4 Å². The second-order valence-corrected chi connectivity index (χ2v) is 12.9. The molecule has 0 saturated carbocycles. The molecule has 2 heterocycles. The number of nitrogens with zero attached hydrogens (tertiary/aromatic N) is 2. The Bertz CT molecular complexity index is 1330. The van der Waals surface area contributed by atoms with Crippen LogP contribution in [0.3, 0.4) is 0 Å². The molecular weight excluding hydrogens is 636 g/mol. The monoisotopic (exact) mass is 692 g/mol. The normalized spacial score (nSPS) is 17.7. The first-order valence-corrected chi connectivity index (χ1v) is 18.1. The van der Waals surface area contributed by atoms with Crippen LogP contribution in [0.25, 0.3) is 0 Å². The molecule has 2 aliphatic rings. The number of carboxylic acid groups (broad SMARTS) is 1. The quantitative estimate of drug-likeness (QED) is 0.179. The summed E-state index contributed by atoms with van der Waals surface area (Å²) in [6, 6.07) is 18.4. The molecule has 274 valence electrons. The van der Waals surface area contributed by atoms with Crippen LogP contribution in [-0.4, -0.2) is 88.4 Å². The van der Waals surface area contributed by atoms with Gasteiger partial charge in [-0.15, -0.1) is 0 Å². The fourth-order valence-electron chi connectivity index (χ4n) is 6.65. The predicted octanol–water partition coefficient (Wildman–Crippen LogP) is 4.57. The smallest absolute Gasteiger partial charge is 0.373 e. The molecule has 2 aromatic rings. The van der Waals surface area contributed by atoms with Crippen molar-refractivity contribution in [2.75, 3.05) is 19.6 Å². The zero-order valence-electron chi connectivity index (χ0n) is 29.8. The van der Waals surface area contributed by atoms with Crippen molar-refractivity contribution in [3.05, 3.63) is 71.8 Å². The number of aryl methyl sites for hydroxylation is 2. The van der Waals surface area contributed by atoms with Gasteiger partial charge in [-0.05, 0) is 95.3 Å². The van der Waals surface area contributed by atoms with Crippen molar-refractivity contribution >= 4 is 29.7 Å². The van der Waals surface area contributed by atoms with E-state index in [-0.39, 0.29) is 29.8 Å². The Morgan fingerprint density at radius 2 is 1.52 bits per heavy atom. The van der Waals surface area contributed by atoms with Gasteiger partial charge in [0.1, 0.15) is 18.1 Å². The number of rotatable bonds is 19. The molecule has 2 saturated heterocycles. The lowest BCUT2D eigenvalue weighted by atomic mass is 9.93. The van der Waals surface area contributed by atoms with E-state index in [1.54, 1.807) is 9.80 Å². The Kier molecular flexibility index (Phi) is 20.2. The third-order valence-corrected chi connectivity index (χ3v) is 9.25. The zero-order valence-corrected chi connectivity index (χ0v) is 29.8. The third kappa shape index (κ3) is 14.0. The number of carbonyl (C=O) groups excluding carboxylic acids is 5. The van der Waals surface area contributed by atoms with Crippen LogP contribution in [0, 0.1) is 0 Å². The maximum Gasteiger partial charge on any atom is 0.373 e. The Morgan fingerprint density at radius 3 is 2.08 bits per heavy atom. The van der Waals surface area contributed by atoms with Crippen molar-refractivity contribution in [3.63, 3.8) is 0 Å². The number of nitrogens with one attached hydrogen (secondary N) is 1. The summed E-state index contributed by atoms with van der Waals surface area (Å²) in [5.74, 6) is -0.823. The molecule has 4 atom stereocenters. The van der Waals surface area contributed by atoms with E-state index in [1.807, 2.05) is 48.5 Å². The second-order valence-electron chi connectivity index (χ2n) is 12.9. The highest BCUT2D eigenvalue weighted by Crippen LogP contribution is 2.31. The number of amides is 2. The first-order chi connectivity index (χ1) is 24.2. The van der Waals surface area contributed by atoms with Gasteiger partial charge in [-0.1, -0.05) is 86.8 Å². The molecular formula is C39H56N4O7. The number of carbonyl (C=O) groups is 4. The minimum Gasteiger partial charge on any atom is -0.480 e. The minimum atomic E-state index is -0.726. The minimum absolute atomic E-state index is 0.00471. The molecule has 4 N–H and O–H groups in total. The summed E-state index contributed by atoms with van der Waals surface area (Å²) in [7, 11) is 0. The number of ketones is 1. The van der Waals surface area contributed by atoms with Crippen molar-refractivity contribution in [2.24, 2.45) is 5.73 Å². The molecule has 0 unspecified atom stereocenters. The number of Topliss-reactive ketones (excluding diaryl/α,β-unsaturated/α-hetero) is 1. The molecule has 11 nitrogen and oxygen atoms in total. The molecule has 2 aliphatic heterocycles. The van der Waals surface area contributed by atoms with Crippen LogP contribution in [0.4, 0.5) is 0 Å². The van der Waals surface area contributed by atoms with Gasteiger partial charge >= 0.3 is 12.1 Å². The molecule has 2 amide bonds. The Labute approximate surface area is 297 Å². The van der Waals surface area contributed by atoms with Gasteiger partial charge in [-0.3, -0.25) is 19.2 Å². The van der Waals surface area contributed by atoms with E-state index in [1.165, 1.54) is 12.5 Å². The molecule has 0 radical (unpaired) electrons. The van der Waals surface area contributed by atoms with Gasteiger partial charge in [0.05, 0.1) is 6.04 Å². The van der Waals surface area contributed by atoms with Gasteiger partial charge in [0.15, 0.2) is 5.78 Å². The van der Waals surface area contributed by atoms with Crippen molar-refractivity contribution in [3.8, 4) is 0 Å². The SMILES string of the molecule is CC(=O)[C@H](CCc1ccccc1)N1C(=O)[C@@H]2CCCN2C(=O)[C@@H]1CCCCN.CCCCC[C@H](NCCCc1ccccc1)C(=O)O.O=C=O. The highest BCUT2D eigenvalue weighted by Gasteiger charge is 2.50. The fraction of sp³-hybridized carbons (Fsp3) is 0.564. The summed E-state index contributed by atoms with van der Waals surface area (Å²) < 4.78 is 0. The number of benzene rings is 2. The van der Waals surface area contributed by atoms with Crippen LogP contribution in [0.5, 0.6) is 0 Å². The summed E-state index contributed by atoms with van der Waals surface area (Å²) in [6.07, 6.45) is 11.1. The van der Waals surface area contributed by atoms with E-state index in [2.05, 4.69) is 24.4 Å². The lowest BCUT2D eigenvalue weighted by molar-refractivity contribution is -0.191. The van der Waals surface area contributed by atoms with Gasteiger partial charge in [0.2, 0.25) is 11.8 Å². The van der Waals surface area contributed by atoms with Gasteiger partial charge in [0, 0.05) is 6.54 Å². The molecule has 2 fully saturated rings. The molecule has 11 heteroatoms. The Balaban J connectivity index is 0.000000343. The predicted molar refractivity (Wildman–Crippen MR) is 191 cm³/mol. The average Bonchev–Trinajstić information content (AvgIpc) is 3.61. The number of hydrogen-bond donors (Lipinski definition) is 3. The summed E-state index contributed by atoms with van der Waals surface area (Å²) >= 11 is 0. The number of piperazine rings is 1. The molecule has 2 aromatic carbocycles. The van der Waals surface area contributed by atoms with Crippen LogP contribution in [0.2, 0.25) is 0 Å². The lowest BCUT2D eigenvalue weighted by Gasteiger charge is -2.45. The van der Waals surface area contributed by atoms with Crippen LogP contribution in [0.15, 0.2) is 60.7 Å². The topological polar surface area (TPSA) is 167 Å². The lowest BCUT2D eigenvalue weighted by Crippen LogP contribution is -2.66. The Morgan fingerprint density at radius 1 is 0.900 bits per heavy atom. The first-order valence-electron chi connectivity index (χ1n) is 18.1. The van der Waals surface area contributed by atoms with Crippen molar-refractivity contribution in [1.29, 1.82) is 0 Å². The maximum atomic E-state index is 13.3. The van der Waals surface area contributed by atoms with E-state index in [0.29, 0.717) is 38.8 Å². The van der Waals surface area contributed by atoms with E-state index < -0.39 is 24.1 Å². The number of carboxylic acids is 1. The highest BCUT2D eigenvalue weighted by atomic mass is 16.4. The second kappa shape index (κ2) is 24.1. The maximum absolute atomic E-state index is 13.3. The fourth-order valence-corrected chi connectivity index (χ4v) is 6.65. The standard InChI is InChI=1S/C22H31N3O3.C16H25NO2.CO2/c1-16(26)18(13-12-17-8-3-2-4-9-17)25-20(10-5-6-14-23)21(27)24-15-7-11-19(24)22(25)28;1-2-3-5-12-15(16(18)19)17-13-8-11-14-9-6-4-7-10-14;2-1-3/h2-4,8-9,18-20H,5-7,10-15,23H2,1H3;4,6-7,9-10,15,17H,2-3,5,8,11-13H2,1H3,(H,18,19);/t18-,19-,20-;15-;/m00./s1. The van der Waals surface area contributed by atoms with Crippen molar-refractivity contribution in [2.45, 2.75) is 121 Å². The van der Waals surface area contributed by atoms with E-state index in [0.717, 1.165) is 69.9 Å². The van der Waals surface area contributed by atoms with Crippen LogP contribution in [-0.2, 0) is 41.6 Å². The molecule has 0 spiro atoms. The number of unbranched alkanes of at least 4 members (excludes halogenated alkanes) is 3. The van der Waals surface area contributed by atoms with Gasteiger partial charge in [-0.2, -0.15) is 9.59 Å². The molecule has 0 bridgehead atoms. The van der Waals surface area contributed by atoms with Gasteiger partial charge < -0.3 is 26.0 Å². The summed E-state index contributed by atoms with van der Waals surface area (Å²) in [6.45, 7) is 5.63. The van der Waals surface area contributed by atoms with Crippen molar-refractivity contribution < 1.29 is 33.9 Å². The molecule has 0 aliphatic carbocycles. The van der Waals surface area contributed by atoms with E-state index in [9.17, 15) is 19.2 Å². The Hall–Kier alpha value is -4.18. The summed E-state index contributed by atoms with van der Waals surface area (Å²) in [5, 5.41) is 12.3. The average molecular weight is 693 g/mol. The molecule has 4 rings (SSSR count). The molecule has 50 heavy (non-hydrogen) atoms. The van der Waals surface area contributed by atoms with E-state index >= 15 is 0 Å². The summed E-state index contributed by atoms with van der Waals surface area (Å²) in [4.78, 5) is 69.7. The number of aliphatic carboxylic acids is 1. The van der Waals surface area contributed by atoms with Crippen molar-refractivity contribution in [1.82, 2.24) is 15.1 Å². The number of fused-ring (bicyclic) bond motifs is 1. The summed E-state index contributed by atoms with van der Waals surface area (Å²) in [5.41, 5.74) is 8.06. The van der Waals surface area contributed by atoms with Crippen LogP contribution >= 0.6 is 0 Å². The van der Waals surface area contributed by atoms with Gasteiger partial charge in [0.25, 0.3) is 0 Å². The number of hydrogen-bond acceptors (Lipinski definition) is 8. The van der Waals surface area contributed by atoms with Crippen LogP contribution < -0.4 is 11.1 Å². The van der Waals surface area contributed by atoms with Gasteiger partial charge in [-0.25, -0.2) is 0 Å². The highest BCUT2D eigenvalue weighted by molar-refractivity contribution is 6.00. The number of nitrogens with two attached hydrogens (primary N) is 1. The first kappa shape index (κ1) is 42.0.